The summed E-state index contributed by atoms with van der Waals surface area (Å²) in [6, 6.07) is 20.9. The van der Waals surface area contributed by atoms with Gasteiger partial charge in [0.1, 0.15) is 18.1 Å². The Kier molecular flexibility index (Phi) is 8.50. The van der Waals surface area contributed by atoms with Crippen LogP contribution in [-0.4, -0.2) is 18.7 Å². The van der Waals surface area contributed by atoms with Gasteiger partial charge in [0.2, 0.25) is 0 Å². The quantitative estimate of drug-likeness (QED) is 0.200. The molecule has 3 aromatic rings. The van der Waals surface area contributed by atoms with Gasteiger partial charge in [0.05, 0.1) is 20.0 Å². The summed E-state index contributed by atoms with van der Waals surface area (Å²) in [5.74, 6) is 1.30. The summed E-state index contributed by atoms with van der Waals surface area (Å²) in [4.78, 5) is 12.2. The van der Waals surface area contributed by atoms with Gasteiger partial charge in [0, 0.05) is 5.56 Å². The van der Waals surface area contributed by atoms with Gasteiger partial charge in [-0.05, 0) is 99.6 Å². The van der Waals surface area contributed by atoms with E-state index in [1.165, 1.54) is 0 Å². The Bertz CT molecular complexity index is 999. The molecule has 154 valence electrons. The summed E-state index contributed by atoms with van der Waals surface area (Å²) >= 11 is 4.50. The molecule has 7 heteroatoms. The molecule has 0 atom stereocenters. The standard InChI is InChI=1S/C23H20I2N2O3/c1-2-29-19-10-8-18(9-11-19)23(28)27-26-14-17-12-20(24)22(21(25)13-17)30-15-16-6-4-3-5-7-16/h3-14H,2,15H2,1H3,(H,27,28)/b26-14-. The SMILES string of the molecule is CCOc1ccc(C(=O)N/N=C\c2cc(I)c(OCc3ccccc3)c(I)c2)cc1. The van der Waals surface area contributed by atoms with E-state index in [2.05, 4.69) is 55.7 Å². The molecule has 1 amide bonds. The van der Waals surface area contributed by atoms with Crippen LogP contribution in [0.15, 0.2) is 71.8 Å². The lowest BCUT2D eigenvalue weighted by Gasteiger charge is -2.11. The van der Waals surface area contributed by atoms with Crippen molar-refractivity contribution in [3.8, 4) is 11.5 Å². The number of rotatable bonds is 8. The molecule has 0 radical (unpaired) electrons. The summed E-state index contributed by atoms with van der Waals surface area (Å²) in [7, 11) is 0. The van der Waals surface area contributed by atoms with E-state index in [-0.39, 0.29) is 5.91 Å². The van der Waals surface area contributed by atoms with E-state index in [9.17, 15) is 4.79 Å². The average Bonchev–Trinajstić information content (AvgIpc) is 2.74. The predicted octanol–water partition coefficient (Wildman–Crippen LogP) is 5.64. The third kappa shape index (κ3) is 6.43. The van der Waals surface area contributed by atoms with Gasteiger partial charge >= 0.3 is 0 Å². The van der Waals surface area contributed by atoms with Crippen molar-refractivity contribution < 1.29 is 14.3 Å². The van der Waals surface area contributed by atoms with Crippen LogP contribution in [0.25, 0.3) is 0 Å². The number of halogens is 2. The number of hydrogen-bond donors (Lipinski definition) is 1. The number of benzene rings is 3. The largest absolute Gasteiger partial charge is 0.494 e. The van der Waals surface area contributed by atoms with E-state index in [0.29, 0.717) is 18.8 Å². The number of nitrogens with zero attached hydrogens (tertiary/aromatic N) is 1. The van der Waals surface area contributed by atoms with Crippen LogP contribution in [0, 0.1) is 7.14 Å². The number of nitrogens with one attached hydrogen (secondary N) is 1. The van der Waals surface area contributed by atoms with Gasteiger partial charge in [0.25, 0.3) is 5.91 Å². The first-order valence-corrected chi connectivity index (χ1v) is 11.4. The highest BCUT2D eigenvalue weighted by atomic mass is 127. The van der Waals surface area contributed by atoms with E-state index >= 15 is 0 Å². The minimum atomic E-state index is -0.276. The Morgan fingerprint density at radius 3 is 2.30 bits per heavy atom. The Morgan fingerprint density at radius 2 is 1.67 bits per heavy atom. The van der Waals surface area contributed by atoms with Crippen molar-refractivity contribution in [3.63, 3.8) is 0 Å². The highest BCUT2D eigenvalue weighted by Crippen LogP contribution is 2.29. The lowest BCUT2D eigenvalue weighted by Crippen LogP contribution is -2.17. The molecule has 3 rings (SSSR count). The van der Waals surface area contributed by atoms with Crippen molar-refractivity contribution in [1.29, 1.82) is 0 Å². The van der Waals surface area contributed by atoms with Crippen LogP contribution in [0.3, 0.4) is 0 Å². The van der Waals surface area contributed by atoms with Crippen LogP contribution < -0.4 is 14.9 Å². The van der Waals surface area contributed by atoms with Gasteiger partial charge in [-0.25, -0.2) is 5.43 Å². The van der Waals surface area contributed by atoms with E-state index in [1.807, 2.05) is 49.4 Å². The second-order valence-corrected chi connectivity index (χ2v) is 8.57. The van der Waals surface area contributed by atoms with Gasteiger partial charge < -0.3 is 9.47 Å². The zero-order valence-electron chi connectivity index (χ0n) is 16.3. The van der Waals surface area contributed by atoms with Gasteiger partial charge in [-0.3, -0.25) is 4.79 Å². The molecule has 3 aromatic carbocycles. The summed E-state index contributed by atoms with van der Waals surface area (Å²) in [6.45, 7) is 3.02. The topological polar surface area (TPSA) is 59.9 Å². The van der Waals surface area contributed by atoms with E-state index in [1.54, 1.807) is 30.5 Å². The fourth-order valence-electron chi connectivity index (χ4n) is 2.62. The lowest BCUT2D eigenvalue weighted by molar-refractivity contribution is 0.0955. The first kappa shape index (κ1) is 22.5. The molecule has 0 bridgehead atoms. The molecule has 0 aromatic heterocycles. The number of hydrogen-bond acceptors (Lipinski definition) is 4. The predicted molar refractivity (Wildman–Crippen MR) is 135 cm³/mol. The molecule has 30 heavy (non-hydrogen) atoms. The number of ether oxygens (including phenoxy) is 2. The zero-order valence-corrected chi connectivity index (χ0v) is 20.6. The van der Waals surface area contributed by atoms with Crippen molar-refractivity contribution in [2.45, 2.75) is 13.5 Å². The highest BCUT2D eigenvalue weighted by molar-refractivity contribution is 14.1. The summed E-state index contributed by atoms with van der Waals surface area (Å²) in [5, 5.41) is 4.08. The van der Waals surface area contributed by atoms with E-state index in [0.717, 1.165) is 29.8 Å². The van der Waals surface area contributed by atoms with Crippen molar-refractivity contribution in [3.05, 3.63) is 90.6 Å². The minimum absolute atomic E-state index is 0.276. The third-order valence-electron chi connectivity index (χ3n) is 4.05. The maximum atomic E-state index is 12.2. The number of hydrazone groups is 1. The van der Waals surface area contributed by atoms with Gasteiger partial charge in [-0.2, -0.15) is 5.10 Å². The van der Waals surface area contributed by atoms with Crippen molar-refractivity contribution >= 4 is 57.3 Å². The third-order valence-corrected chi connectivity index (χ3v) is 5.66. The van der Waals surface area contributed by atoms with Crippen LogP contribution in [-0.2, 0) is 6.61 Å². The molecular formula is C23H20I2N2O3. The maximum absolute atomic E-state index is 12.2. The molecule has 0 spiro atoms. The molecule has 0 saturated carbocycles. The molecule has 0 fully saturated rings. The second-order valence-electron chi connectivity index (χ2n) is 6.24. The minimum Gasteiger partial charge on any atom is -0.494 e. The van der Waals surface area contributed by atoms with Crippen LogP contribution in [0.4, 0.5) is 0 Å². The van der Waals surface area contributed by atoms with Crippen molar-refractivity contribution in [1.82, 2.24) is 5.43 Å². The Balaban J connectivity index is 1.60. The molecule has 0 aliphatic heterocycles. The number of carbonyl (C=O) groups is 1. The molecule has 1 N–H and O–H groups in total. The Hall–Kier alpha value is -2.14. The molecular weight excluding hydrogens is 606 g/mol. The van der Waals surface area contributed by atoms with Gasteiger partial charge in [0.15, 0.2) is 0 Å². The first-order chi connectivity index (χ1) is 14.6. The summed E-state index contributed by atoms with van der Waals surface area (Å²) < 4.78 is 13.3. The maximum Gasteiger partial charge on any atom is 0.271 e. The zero-order chi connectivity index (χ0) is 21.3. The smallest absolute Gasteiger partial charge is 0.271 e. The van der Waals surface area contributed by atoms with Crippen LogP contribution in [0.5, 0.6) is 11.5 Å². The van der Waals surface area contributed by atoms with Crippen LogP contribution in [0.1, 0.15) is 28.4 Å². The number of carbonyl (C=O) groups excluding carboxylic acids is 1. The summed E-state index contributed by atoms with van der Waals surface area (Å²) in [5.41, 5.74) is 5.07. The van der Waals surface area contributed by atoms with Crippen LogP contribution >= 0.6 is 45.2 Å². The van der Waals surface area contributed by atoms with Gasteiger partial charge in [-0.15, -0.1) is 0 Å². The normalized spacial score (nSPS) is 10.8. The summed E-state index contributed by atoms with van der Waals surface area (Å²) in [6.07, 6.45) is 1.62. The molecule has 5 nitrogen and oxygen atoms in total. The van der Waals surface area contributed by atoms with Gasteiger partial charge in [-0.1, -0.05) is 30.3 Å². The number of amides is 1. The Labute approximate surface area is 203 Å². The Morgan fingerprint density at radius 1 is 1.00 bits per heavy atom. The van der Waals surface area contributed by atoms with Crippen molar-refractivity contribution in [2.24, 2.45) is 5.10 Å². The average molecular weight is 626 g/mol. The lowest BCUT2D eigenvalue weighted by atomic mass is 10.2. The fourth-order valence-corrected chi connectivity index (χ4v) is 4.75. The van der Waals surface area contributed by atoms with Crippen molar-refractivity contribution in [2.75, 3.05) is 6.61 Å². The van der Waals surface area contributed by atoms with E-state index < -0.39 is 0 Å². The van der Waals surface area contributed by atoms with Crippen LogP contribution in [0.2, 0.25) is 0 Å². The second kappa shape index (κ2) is 11.3. The molecule has 0 aliphatic rings. The molecule has 0 saturated heterocycles. The van der Waals surface area contributed by atoms with E-state index in [4.69, 9.17) is 9.47 Å². The monoisotopic (exact) mass is 626 g/mol. The molecule has 0 aliphatic carbocycles. The molecule has 0 heterocycles. The fraction of sp³-hybridized carbons (Fsp3) is 0.130. The highest BCUT2D eigenvalue weighted by Gasteiger charge is 2.09. The molecule has 0 unspecified atom stereocenters. The first-order valence-electron chi connectivity index (χ1n) is 9.29.